The van der Waals surface area contributed by atoms with Crippen LogP contribution in [0.25, 0.3) is 0 Å². The second-order valence-electron chi connectivity index (χ2n) is 4.07. The number of nitrogens with zero attached hydrogens (tertiary/aromatic N) is 1. The Morgan fingerprint density at radius 2 is 2.00 bits per heavy atom. The highest BCUT2D eigenvalue weighted by atomic mass is 16.1. The molecule has 0 aliphatic heterocycles. The lowest BCUT2D eigenvalue weighted by Crippen LogP contribution is -2.11. The number of amides is 1. The van der Waals surface area contributed by atoms with Gasteiger partial charge in [0.2, 0.25) is 5.91 Å². The standard InChI is InChI=1S/C13H20N2O/c1-2-3-4-5-6-7-12-9-8-11(10-15-12)13(14)16/h8-10H,2-7H2,1H3,(H2,14,16). The fourth-order valence-electron chi connectivity index (χ4n) is 1.63. The summed E-state index contributed by atoms with van der Waals surface area (Å²) < 4.78 is 0. The Labute approximate surface area is 97.1 Å². The molecule has 0 saturated carbocycles. The minimum Gasteiger partial charge on any atom is -0.366 e. The van der Waals surface area contributed by atoms with Crippen LogP contribution < -0.4 is 5.73 Å². The third kappa shape index (κ3) is 4.43. The van der Waals surface area contributed by atoms with Gasteiger partial charge in [-0.3, -0.25) is 9.78 Å². The number of hydrogen-bond donors (Lipinski definition) is 1. The zero-order chi connectivity index (χ0) is 11.8. The van der Waals surface area contributed by atoms with Crippen LogP contribution in [0.2, 0.25) is 0 Å². The topological polar surface area (TPSA) is 56.0 Å². The summed E-state index contributed by atoms with van der Waals surface area (Å²) in [6.07, 6.45) is 8.86. The van der Waals surface area contributed by atoms with Crippen molar-refractivity contribution < 1.29 is 4.79 Å². The summed E-state index contributed by atoms with van der Waals surface area (Å²) in [4.78, 5) is 15.0. The molecule has 2 N–H and O–H groups in total. The Morgan fingerprint density at radius 3 is 2.56 bits per heavy atom. The van der Waals surface area contributed by atoms with Gasteiger partial charge in [0.25, 0.3) is 0 Å². The molecule has 1 rings (SSSR count). The molecule has 1 heterocycles. The Hall–Kier alpha value is -1.38. The first-order valence-corrected chi connectivity index (χ1v) is 5.98. The van der Waals surface area contributed by atoms with Crippen LogP contribution in [0, 0.1) is 0 Å². The Balaban J connectivity index is 2.29. The van der Waals surface area contributed by atoms with Gasteiger partial charge in [-0.15, -0.1) is 0 Å². The van der Waals surface area contributed by atoms with Gasteiger partial charge in [-0.2, -0.15) is 0 Å². The molecule has 88 valence electrons. The zero-order valence-corrected chi connectivity index (χ0v) is 9.91. The van der Waals surface area contributed by atoms with Gasteiger partial charge < -0.3 is 5.73 Å². The van der Waals surface area contributed by atoms with Crippen molar-refractivity contribution in [2.45, 2.75) is 45.4 Å². The predicted molar refractivity (Wildman–Crippen MR) is 65.2 cm³/mol. The molecule has 0 bridgehead atoms. The lowest BCUT2D eigenvalue weighted by Gasteiger charge is -2.01. The largest absolute Gasteiger partial charge is 0.366 e. The van der Waals surface area contributed by atoms with Crippen LogP contribution in [-0.4, -0.2) is 10.9 Å². The molecule has 0 radical (unpaired) electrons. The SMILES string of the molecule is CCCCCCCc1ccc(C(N)=O)cn1. The summed E-state index contributed by atoms with van der Waals surface area (Å²) in [5, 5.41) is 0. The van der Waals surface area contributed by atoms with Crippen molar-refractivity contribution in [1.82, 2.24) is 4.98 Å². The first-order valence-electron chi connectivity index (χ1n) is 5.98. The summed E-state index contributed by atoms with van der Waals surface area (Å²) in [6.45, 7) is 2.21. The minimum atomic E-state index is -0.415. The Bertz CT molecular complexity index is 319. The quantitative estimate of drug-likeness (QED) is 0.718. The van der Waals surface area contributed by atoms with Crippen molar-refractivity contribution in [3.05, 3.63) is 29.6 Å². The van der Waals surface area contributed by atoms with Gasteiger partial charge in [0, 0.05) is 11.9 Å². The van der Waals surface area contributed by atoms with Crippen molar-refractivity contribution in [3.8, 4) is 0 Å². The summed E-state index contributed by atoms with van der Waals surface area (Å²) in [7, 11) is 0. The van der Waals surface area contributed by atoms with E-state index in [1.165, 1.54) is 32.1 Å². The number of aromatic nitrogens is 1. The van der Waals surface area contributed by atoms with E-state index in [2.05, 4.69) is 11.9 Å². The first-order chi connectivity index (χ1) is 7.74. The number of hydrogen-bond acceptors (Lipinski definition) is 2. The summed E-state index contributed by atoms with van der Waals surface area (Å²) in [5.74, 6) is -0.415. The maximum absolute atomic E-state index is 10.8. The second-order valence-corrected chi connectivity index (χ2v) is 4.07. The minimum absolute atomic E-state index is 0.415. The monoisotopic (exact) mass is 220 g/mol. The molecule has 0 aliphatic carbocycles. The molecule has 0 saturated heterocycles. The molecule has 1 aromatic heterocycles. The molecule has 1 amide bonds. The molecule has 3 heteroatoms. The maximum Gasteiger partial charge on any atom is 0.250 e. The van der Waals surface area contributed by atoms with Gasteiger partial charge in [0.15, 0.2) is 0 Å². The molecule has 16 heavy (non-hydrogen) atoms. The smallest absolute Gasteiger partial charge is 0.250 e. The summed E-state index contributed by atoms with van der Waals surface area (Å²) >= 11 is 0. The van der Waals surface area contributed by atoms with Gasteiger partial charge in [-0.25, -0.2) is 0 Å². The molecule has 0 spiro atoms. The van der Waals surface area contributed by atoms with E-state index in [1.54, 1.807) is 12.3 Å². The van der Waals surface area contributed by atoms with Crippen LogP contribution >= 0.6 is 0 Å². The highest BCUT2D eigenvalue weighted by Gasteiger charge is 2.00. The number of carbonyl (C=O) groups is 1. The van der Waals surface area contributed by atoms with Gasteiger partial charge >= 0.3 is 0 Å². The molecular formula is C13H20N2O. The van der Waals surface area contributed by atoms with E-state index in [9.17, 15) is 4.79 Å². The van der Waals surface area contributed by atoms with Crippen molar-refractivity contribution in [1.29, 1.82) is 0 Å². The number of nitrogens with two attached hydrogens (primary N) is 1. The van der Waals surface area contributed by atoms with E-state index in [-0.39, 0.29) is 0 Å². The fourth-order valence-corrected chi connectivity index (χ4v) is 1.63. The van der Waals surface area contributed by atoms with Crippen molar-refractivity contribution >= 4 is 5.91 Å². The van der Waals surface area contributed by atoms with E-state index in [0.29, 0.717) is 5.56 Å². The Kier molecular flexibility index (Phi) is 5.54. The first kappa shape index (κ1) is 12.7. The van der Waals surface area contributed by atoms with E-state index < -0.39 is 5.91 Å². The van der Waals surface area contributed by atoms with Crippen molar-refractivity contribution in [2.24, 2.45) is 5.73 Å². The van der Waals surface area contributed by atoms with Gasteiger partial charge in [0.05, 0.1) is 5.56 Å². The van der Waals surface area contributed by atoms with Gasteiger partial charge in [-0.05, 0) is 25.0 Å². The highest BCUT2D eigenvalue weighted by molar-refractivity contribution is 5.92. The molecule has 0 aliphatic rings. The number of carbonyl (C=O) groups excluding carboxylic acids is 1. The number of rotatable bonds is 7. The molecule has 0 fully saturated rings. The highest BCUT2D eigenvalue weighted by Crippen LogP contribution is 2.07. The zero-order valence-electron chi connectivity index (χ0n) is 9.91. The van der Waals surface area contributed by atoms with E-state index in [1.807, 2.05) is 6.07 Å². The molecule has 1 aromatic rings. The second kappa shape index (κ2) is 6.99. The average Bonchev–Trinajstić information content (AvgIpc) is 2.29. The number of unbranched alkanes of at least 4 members (excludes halogenated alkanes) is 4. The normalized spacial score (nSPS) is 10.3. The van der Waals surface area contributed by atoms with Crippen LogP contribution in [0.4, 0.5) is 0 Å². The lowest BCUT2D eigenvalue weighted by atomic mass is 10.1. The maximum atomic E-state index is 10.8. The van der Waals surface area contributed by atoms with E-state index >= 15 is 0 Å². The van der Waals surface area contributed by atoms with Crippen molar-refractivity contribution in [3.63, 3.8) is 0 Å². The number of pyridine rings is 1. The molecule has 0 unspecified atom stereocenters. The summed E-state index contributed by atoms with van der Waals surface area (Å²) in [6, 6.07) is 3.64. The van der Waals surface area contributed by atoms with Crippen molar-refractivity contribution in [2.75, 3.05) is 0 Å². The van der Waals surface area contributed by atoms with E-state index in [0.717, 1.165) is 12.1 Å². The fraction of sp³-hybridized carbons (Fsp3) is 0.538. The number of aryl methyl sites for hydroxylation is 1. The Morgan fingerprint density at radius 1 is 1.25 bits per heavy atom. The van der Waals surface area contributed by atoms with Crippen LogP contribution in [0.1, 0.15) is 55.1 Å². The number of primary amides is 1. The third-order valence-corrected chi connectivity index (χ3v) is 2.65. The van der Waals surface area contributed by atoms with Crippen LogP contribution in [0.15, 0.2) is 18.3 Å². The van der Waals surface area contributed by atoms with Crippen LogP contribution in [-0.2, 0) is 6.42 Å². The van der Waals surface area contributed by atoms with Gasteiger partial charge in [0.1, 0.15) is 0 Å². The predicted octanol–water partition coefficient (Wildman–Crippen LogP) is 2.69. The molecule has 0 aromatic carbocycles. The third-order valence-electron chi connectivity index (χ3n) is 2.65. The summed E-state index contributed by atoms with van der Waals surface area (Å²) in [5.41, 5.74) is 6.66. The molecule has 0 atom stereocenters. The molecule has 3 nitrogen and oxygen atoms in total. The van der Waals surface area contributed by atoms with Crippen LogP contribution in [0.5, 0.6) is 0 Å². The lowest BCUT2D eigenvalue weighted by molar-refractivity contribution is 0.1000. The average molecular weight is 220 g/mol. The molecular weight excluding hydrogens is 200 g/mol. The van der Waals surface area contributed by atoms with Crippen LogP contribution in [0.3, 0.4) is 0 Å². The van der Waals surface area contributed by atoms with Gasteiger partial charge in [-0.1, -0.05) is 32.6 Å². The van der Waals surface area contributed by atoms with E-state index in [4.69, 9.17) is 5.73 Å².